The Labute approximate surface area is 160 Å². The number of fused-ring (bicyclic) bond motifs is 1. The number of amides is 3. The first kappa shape index (κ1) is 18.7. The van der Waals surface area contributed by atoms with Crippen molar-refractivity contribution in [2.45, 2.75) is 13.0 Å². The number of thiophene rings is 1. The van der Waals surface area contributed by atoms with Crippen LogP contribution in [-0.2, 0) is 22.5 Å². The number of benzene rings is 1. The van der Waals surface area contributed by atoms with E-state index in [9.17, 15) is 14.4 Å². The number of nitrogens with zero attached hydrogens (tertiary/aromatic N) is 1. The molecule has 0 unspecified atom stereocenters. The monoisotopic (exact) mass is 385 g/mol. The highest BCUT2D eigenvalue weighted by Crippen LogP contribution is 2.37. The second kappa shape index (κ2) is 8.05. The van der Waals surface area contributed by atoms with Gasteiger partial charge in [-0.25, -0.2) is 4.79 Å². The van der Waals surface area contributed by atoms with Crippen LogP contribution in [0.4, 0.5) is 9.80 Å². The number of anilines is 1. The molecule has 2 aromatic rings. The van der Waals surface area contributed by atoms with Crippen LogP contribution < -0.4 is 11.1 Å². The molecule has 1 aliphatic heterocycles. The first-order valence-electron chi connectivity index (χ1n) is 8.31. The van der Waals surface area contributed by atoms with Crippen molar-refractivity contribution in [1.29, 1.82) is 0 Å². The molecule has 0 radical (unpaired) electrons. The molecule has 0 saturated carbocycles. The normalized spacial score (nSPS) is 13.3. The number of carbonyl (C=O) groups excluding carboxylic acids is 3. The summed E-state index contributed by atoms with van der Waals surface area (Å²) in [5.74, 6) is -0.953. The average molecular weight is 385 g/mol. The van der Waals surface area contributed by atoms with Gasteiger partial charge in [0.15, 0.2) is 0 Å². The van der Waals surface area contributed by atoms with E-state index in [1.54, 1.807) is 11.0 Å². The Morgan fingerprint density at radius 2 is 2.00 bits per heavy atom. The van der Waals surface area contributed by atoms with Gasteiger partial charge in [0.2, 0.25) is 5.91 Å². The number of methoxy groups -OCH3 is 1. The lowest BCUT2D eigenvalue weighted by Crippen LogP contribution is -2.35. The van der Waals surface area contributed by atoms with Crippen molar-refractivity contribution in [3.8, 4) is 0 Å². The van der Waals surface area contributed by atoms with Crippen molar-refractivity contribution in [3.63, 3.8) is 0 Å². The minimum Gasteiger partial charge on any atom is -0.453 e. The molecule has 8 heteroatoms. The fourth-order valence-electron chi connectivity index (χ4n) is 2.93. The Hall–Kier alpha value is -3.13. The highest BCUT2D eigenvalue weighted by Gasteiger charge is 2.29. The highest BCUT2D eigenvalue weighted by atomic mass is 32.1. The molecular weight excluding hydrogens is 366 g/mol. The third-order valence-corrected chi connectivity index (χ3v) is 5.33. The minimum atomic E-state index is -0.596. The number of nitrogens with one attached hydrogen (secondary N) is 1. The lowest BCUT2D eigenvalue weighted by Gasteiger charge is -2.25. The summed E-state index contributed by atoms with van der Waals surface area (Å²) >= 11 is 1.26. The van der Waals surface area contributed by atoms with Gasteiger partial charge >= 0.3 is 6.09 Å². The molecule has 3 N–H and O–H groups in total. The first-order valence-corrected chi connectivity index (χ1v) is 9.12. The molecule has 0 aliphatic carbocycles. The van der Waals surface area contributed by atoms with Crippen molar-refractivity contribution in [2.75, 3.05) is 19.0 Å². The molecule has 0 bridgehead atoms. The Morgan fingerprint density at radius 1 is 1.26 bits per heavy atom. The third-order valence-electron chi connectivity index (χ3n) is 4.20. The Kier molecular flexibility index (Phi) is 5.56. The van der Waals surface area contributed by atoms with Crippen molar-refractivity contribution in [1.82, 2.24) is 4.90 Å². The summed E-state index contributed by atoms with van der Waals surface area (Å²) in [6.45, 7) is 0.751. The standard InChI is InChI=1S/C19H19N3O4S/c1-26-19(25)22-10-9-13-14(11-22)27-18(16(13)17(20)24)21-15(23)8-7-12-5-3-2-4-6-12/h2-8H,9-11H2,1H3,(H2,20,24)(H,21,23)/b8-7+. The highest BCUT2D eigenvalue weighted by molar-refractivity contribution is 7.17. The molecule has 1 aromatic carbocycles. The molecule has 2 heterocycles. The average Bonchev–Trinajstić information content (AvgIpc) is 3.03. The Morgan fingerprint density at radius 3 is 2.67 bits per heavy atom. The summed E-state index contributed by atoms with van der Waals surface area (Å²) in [6, 6.07) is 9.41. The molecule has 0 spiro atoms. The maximum absolute atomic E-state index is 12.3. The van der Waals surface area contributed by atoms with Crippen molar-refractivity contribution >= 4 is 40.3 Å². The molecule has 0 atom stereocenters. The predicted molar refractivity (Wildman–Crippen MR) is 103 cm³/mol. The maximum Gasteiger partial charge on any atom is 0.409 e. The predicted octanol–water partition coefficient (Wildman–Crippen LogP) is 2.62. The topological polar surface area (TPSA) is 102 Å². The summed E-state index contributed by atoms with van der Waals surface area (Å²) in [5, 5.41) is 3.14. The zero-order valence-corrected chi connectivity index (χ0v) is 15.5. The number of rotatable bonds is 4. The minimum absolute atomic E-state index is 0.320. The molecule has 27 heavy (non-hydrogen) atoms. The molecule has 1 aromatic heterocycles. The van der Waals surface area contributed by atoms with E-state index in [2.05, 4.69) is 5.32 Å². The lowest BCUT2D eigenvalue weighted by atomic mass is 10.0. The number of nitrogens with two attached hydrogens (primary N) is 1. The molecule has 7 nitrogen and oxygen atoms in total. The van der Waals surface area contributed by atoms with Gasteiger partial charge in [-0.15, -0.1) is 11.3 Å². The number of hydrogen-bond acceptors (Lipinski definition) is 5. The number of carbonyl (C=O) groups is 3. The second-order valence-electron chi connectivity index (χ2n) is 5.95. The summed E-state index contributed by atoms with van der Waals surface area (Å²) in [7, 11) is 1.33. The van der Waals surface area contributed by atoms with Gasteiger partial charge in [0.05, 0.1) is 19.2 Å². The fourth-order valence-corrected chi connectivity index (χ4v) is 4.20. The molecule has 3 rings (SSSR count). The Balaban J connectivity index is 1.80. The summed E-state index contributed by atoms with van der Waals surface area (Å²) < 4.78 is 4.75. The zero-order valence-electron chi connectivity index (χ0n) is 14.7. The van der Waals surface area contributed by atoms with E-state index in [-0.39, 0.29) is 5.91 Å². The van der Waals surface area contributed by atoms with Crippen LogP contribution in [0.2, 0.25) is 0 Å². The smallest absolute Gasteiger partial charge is 0.409 e. The molecule has 140 valence electrons. The molecule has 1 aliphatic rings. The SMILES string of the molecule is COC(=O)N1CCc2c(sc(NC(=O)/C=C/c3ccccc3)c2C(N)=O)C1. The van der Waals surface area contributed by atoms with E-state index in [0.717, 1.165) is 16.0 Å². The largest absolute Gasteiger partial charge is 0.453 e. The fraction of sp³-hybridized carbons (Fsp3) is 0.211. The van der Waals surface area contributed by atoms with Crippen LogP contribution >= 0.6 is 11.3 Å². The lowest BCUT2D eigenvalue weighted by molar-refractivity contribution is -0.111. The summed E-state index contributed by atoms with van der Waals surface area (Å²) in [6.07, 6.45) is 3.14. The van der Waals surface area contributed by atoms with Gasteiger partial charge < -0.3 is 20.7 Å². The van der Waals surface area contributed by atoms with Crippen molar-refractivity contribution in [2.24, 2.45) is 5.73 Å². The van der Waals surface area contributed by atoms with Gasteiger partial charge in [-0.05, 0) is 23.6 Å². The van der Waals surface area contributed by atoms with Crippen molar-refractivity contribution in [3.05, 3.63) is 58.0 Å². The van der Waals surface area contributed by atoms with Gasteiger partial charge in [0.1, 0.15) is 5.00 Å². The second-order valence-corrected chi connectivity index (χ2v) is 7.05. The molecular formula is C19H19N3O4S. The quantitative estimate of drug-likeness (QED) is 0.790. The molecule has 0 saturated heterocycles. The van der Waals surface area contributed by atoms with Crippen LogP contribution in [0.15, 0.2) is 36.4 Å². The number of primary amides is 1. The van der Waals surface area contributed by atoms with Gasteiger partial charge in [0, 0.05) is 17.5 Å². The van der Waals surface area contributed by atoms with E-state index in [1.165, 1.54) is 24.5 Å². The van der Waals surface area contributed by atoms with E-state index in [1.807, 2.05) is 30.3 Å². The zero-order chi connectivity index (χ0) is 19.4. The van der Waals surface area contributed by atoms with Crippen molar-refractivity contribution < 1.29 is 19.1 Å². The van der Waals surface area contributed by atoms with Crippen LogP contribution in [-0.4, -0.2) is 36.5 Å². The van der Waals surface area contributed by atoms with Crippen LogP contribution in [0, 0.1) is 0 Å². The molecule has 0 fully saturated rings. The third kappa shape index (κ3) is 4.17. The van der Waals surface area contributed by atoms with Gasteiger partial charge in [-0.2, -0.15) is 0 Å². The first-order chi connectivity index (χ1) is 13.0. The van der Waals surface area contributed by atoms with E-state index in [4.69, 9.17) is 10.5 Å². The van der Waals surface area contributed by atoms with E-state index < -0.39 is 12.0 Å². The molecule has 3 amide bonds. The van der Waals surface area contributed by atoms with E-state index in [0.29, 0.717) is 30.1 Å². The number of ether oxygens (including phenoxy) is 1. The van der Waals surface area contributed by atoms with Crippen LogP contribution in [0.25, 0.3) is 6.08 Å². The Bertz CT molecular complexity index is 905. The number of hydrogen-bond donors (Lipinski definition) is 2. The van der Waals surface area contributed by atoms with Crippen LogP contribution in [0.3, 0.4) is 0 Å². The maximum atomic E-state index is 12.3. The van der Waals surface area contributed by atoms with E-state index >= 15 is 0 Å². The summed E-state index contributed by atoms with van der Waals surface area (Å²) in [4.78, 5) is 38.3. The van der Waals surface area contributed by atoms with Gasteiger partial charge in [-0.3, -0.25) is 9.59 Å². The van der Waals surface area contributed by atoms with Gasteiger partial charge in [0.25, 0.3) is 5.91 Å². The van der Waals surface area contributed by atoms with Crippen LogP contribution in [0.1, 0.15) is 26.4 Å². The van der Waals surface area contributed by atoms with Crippen LogP contribution in [0.5, 0.6) is 0 Å². The van der Waals surface area contributed by atoms with Gasteiger partial charge in [-0.1, -0.05) is 30.3 Å². The summed E-state index contributed by atoms with van der Waals surface area (Å²) in [5.41, 5.74) is 7.54.